The van der Waals surface area contributed by atoms with Crippen LogP contribution >= 0.6 is 11.8 Å². The van der Waals surface area contributed by atoms with Gasteiger partial charge in [0.1, 0.15) is 11.4 Å². The number of fused-ring (bicyclic) bond motifs is 2. The minimum absolute atomic E-state index is 0.0106. The van der Waals surface area contributed by atoms with E-state index in [0.717, 1.165) is 24.3 Å². The predicted molar refractivity (Wildman–Crippen MR) is 181 cm³/mol. The first-order valence-electron chi connectivity index (χ1n) is 15.7. The van der Waals surface area contributed by atoms with Crippen LogP contribution in [0, 0.1) is 0 Å². The molecule has 0 bridgehead atoms. The molecular formula is C33H39N7O6S. The molecule has 5 heterocycles. The Morgan fingerprint density at radius 3 is 2.45 bits per heavy atom. The van der Waals surface area contributed by atoms with Crippen molar-refractivity contribution in [2.75, 3.05) is 55.5 Å². The number of aryl methyl sites for hydroxylation is 2. The zero-order chi connectivity index (χ0) is 33.1. The number of ether oxygens (including phenoxy) is 2. The van der Waals surface area contributed by atoms with Crippen molar-refractivity contribution in [1.82, 2.24) is 18.9 Å². The number of aliphatic imine (C=N–C) groups is 1. The van der Waals surface area contributed by atoms with Gasteiger partial charge >= 0.3 is 0 Å². The Labute approximate surface area is 277 Å². The average Bonchev–Trinajstić information content (AvgIpc) is 3.77. The Morgan fingerprint density at radius 1 is 0.957 bits per heavy atom. The van der Waals surface area contributed by atoms with Crippen molar-refractivity contribution in [2.24, 2.45) is 19.1 Å². The number of carbonyl (C=O) groups is 4. The fraction of sp³-hybridized carbons (Fsp3) is 0.424. The van der Waals surface area contributed by atoms with E-state index in [1.807, 2.05) is 27.8 Å². The van der Waals surface area contributed by atoms with Gasteiger partial charge < -0.3 is 39.0 Å². The smallest absolute Gasteiger partial charge is 0.272 e. The third-order valence-electron chi connectivity index (χ3n) is 8.57. The maximum Gasteiger partial charge on any atom is 0.272 e. The molecule has 1 aromatic carbocycles. The molecule has 3 aliphatic rings. The summed E-state index contributed by atoms with van der Waals surface area (Å²) in [6.07, 6.45) is 7.69. The molecule has 2 aromatic heterocycles. The molecule has 13 nitrogen and oxygen atoms in total. The van der Waals surface area contributed by atoms with Crippen molar-refractivity contribution in [1.29, 1.82) is 0 Å². The highest BCUT2D eigenvalue weighted by Crippen LogP contribution is 2.38. The number of hydrogen-bond donors (Lipinski definition) is 2. The first-order chi connectivity index (χ1) is 22.7. The molecular weight excluding hydrogens is 622 g/mol. The highest BCUT2D eigenvalue weighted by Gasteiger charge is 2.32. The van der Waals surface area contributed by atoms with Crippen LogP contribution in [0.3, 0.4) is 0 Å². The van der Waals surface area contributed by atoms with Crippen LogP contribution < -0.4 is 20.1 Å². The average molecular weight is 662 g/mol. The Hall–Kier alpha value is -4.72. The molecule has 14 heteroatoms. The van der Waals surface area contributed by atoms with Crippen LogP contribution in [0.2, 0.25) is 0 Å². The SMILES string of the molecule is COc1cc2c(cc1OCCCC(=O)Nc1cc(C(=O)Nc3cc(C(=O)N4CCSCC4)n(C)c3)n(C)c1)N=CC1CCCN1C2=O. The number of thioether (sulfide) groups is 1. The molecule has 4 amide bonds. The summed E-state index contributed by atoms with van der Waals surface area (Å²) in [5.41, 5.74) is 2.90. The summed E-state index contributed by atoms with van der Waals surface area (Å²) in [7, 11) is 5.03. The minimum atomic E-state index is -0.360. The van der Waals surface area contributed by atoms with Crippen LogP contribution in [0.15, 0.2) is 41.7 Å². The van der Waals surface area contributed by atoms with Crippen LogP contribution in [-0.2, 0) is 18.9 Å². The molecule has 1 atom stereocenters. The number of methoxy groups -OCH3 is 1. The van der Waals surface area contributed by atoms with Crippen molar-refractivity contribution >= 4 is 58.7 Å². The molecule has 0 spiro atoms. The van der Waals surface area contributed by atoms with Gasteiger partial charge in [-0.15, -0.1) is 0 Å². The van der Waals surface area contributed by atoms with Crippen molar-refractivity contribution in [3.05, 3.63) is 53.6 Å². The van der Waals surface area contributed by atoms with Gasteiger partial charge in [0.2, 0.25) is 5.91 Å². The molecule has 2 saturated heterocycles. The Bertz CT molecular complexity index is 1720. The highest BCUT2D eigenvalue weighted by atomic mass is 32.2. The highest BCUT2D eigenvalue weighted by molar-refractivity contribution is 7.99. The molecule has 0 saturated carbocycles. The molecule has 3 aliphatic heterocycles. The summed E-state index contributed by atoms with van der Waals surface area (Å²) >= 11 is 1.84. The minimum Gasteiger partial charge on any atom is -0.493 e. The molecule has 0 radical (unpaired) electrons. The number of nitrogens with one attached hydrogen (secondary N) is 2. The second kappa shape index (κ2) is 14.0. The maximum absolute atomic E-state index is 13.1. The van der Waals surface area contributed by atoms with E-state index in [4.69, 9.17) is 9.47 Å². The lowest BCUT2D eigenvalue weighted by atomic mass is 10.1. The van der Waals surface area contributed by atoms with Gasteiger partial charge in [0, 0.05) is 76.3 Å². The standard InChI is InChI=1S/C33H39N7O6S/c1-37-19-21(14-26(37)31(42)36-22-15-27(38(2)20-22)33(44)39-9-12-47-13-10-39)35-30(41)7-5-11-46-29-17-25-24(16-28(29)45-3)32(43)40-8-4-6-23(40)18-34-25/h14-20,23H,4-13H2,1-3H3,(H,35,41)(H,36,42). The van der Waals surface area contributed by atoms with Gasteiger partial charge in [-0.3, -0.25) is 24.2 Å². The van der Waals surface area contributed by atoms with Crippen LogP contribution in [0.1, 0.15) is 57.0 Å². The van der Waals surface area contributed by atoms with Crippen LogP contribution in [0.5, 0.6) is 11.5 Å². The maximum atomic E-state index is 13.1. The Kier molecular flexibility index (Phi) is 9.57. The largest absolute Gasteiger partial charge is 0.493 e. The van der Waals surface area contributed by atoms with E-state index < -0.39 is 0 Å². The van der Waals surface area contributed by atoms with Crippen molar-refractivity contribution in [3.63, 3.8) is 0 Å². The van der Waals surface area contributed by atoms with E-state index in [0.29, 0.717) is 71.6 Å². The van der Waals surface area contributed by atoms with Crippen molar-refractivity contribution in [3.8, 4) is 11.5 Å². The van der Waals surface area contributed by atoms with Gasteiger partial charge in [-0.1, -0.05) is 0 Å². The first-order valence-corrected chi connectivity index (χ1v) is 16.9. The Balaban J connectivity index is 1.00. The molecule has 0 aliphatic carbocycles. The van der Waals surface area contributed by atoms with E-state index in [2.05, 4.69) is 15.6 Å². The lowest BCUT2D eigenvalue weighted by molar-refractivity contribution is -0.116. The number of carbonyl (C=O) groups excluding carboxylic acids is 4. The molecule has 248 valence electrons. The summed E-state index contributed by atoms with van der Waals surface area (Å²) < 4.78 is 14.8. The summed E-state index contributed by atoms with van der Waals surface area (Å²) in [6.45, 7) is 2.38. The molecule has 2 N–H and O–H groups in total. The van der Waals surface area contributed by atoms with E-state index in [1.165, 1.54) is 7.11 Å². The van der Waals surface area contributed by atoms with Gasteiger partial charge in [-0.05, 0) is 37.5 Å². The third-order valence-corrected chi connectivity index (χ3v) is 9.51. The van der Waals surface area contributed by atoms with Crippen LogP contribution in [-0.4, -0.2) is 99.7 Å². The van der Waals surface area contributed by atoms with Gasteiger partial charge in [-0.2, -0.15) is 11.8 Å². The topological polar surface area (TPSA) is 139 Å². The van der Waals surface area contributed by atoms with Gasteiger partial charge in [-0.25, -0.2) is 0 Å². The van der Waals surface area contributed by atoms with E-state index in [-0.39, 0.29) is 42.7 Å². The fourth-order valence-electron chi connectivity index (χ4n) is 6.09. The van der Waals surface area contributed by atoms with Crippen LogP contribution in [0.25, 0.3) is 0 Å². The molecule has 47 heavy (non-hydrogen) atoms. The van der Waals surface area contributed by atoms with Crippen molar-refractivity contribution < 1.29 is 28.7 Å². The quantitative estimate of drug-likeness (QED) is 0.314. The lowest BCUT2D eigenvalue weighted by Gasteiger charge is -2.26. The van der Waals surface area contributed by atoms with Crippen molar-refractivity contribution in [2.45, 2.75) is 31.7 Å². The zero-order valence-electron chi connectivity index (χ0n) is 26.8. The molecule has 2 fully saturated rings. The Morgan fingerprint density at radius 2 is 1.68 bits per heavy atom. The second-order valence-electron chi connectivity index (χ2n) is 11.8. The molecule has 6 rings (SSSR count). The second-order valence-corrected chi connectivity index (χ2v) is 13.0. The summed E-state index contributed by atoms with van der Waals surface area (Å²) in [5, 5.41) is 5.70. The summed E-state index contributed by atoms with van der Waals surface area (Å²) in [4.78, 5) is 60.1. The number of hydrogen-bond acceptors (Lipinski definition) is 8. The van der Waals surface area contributed by atoms with Gasteiger partial charge in [0.05, 0.1) is 42.4 Å². The summed E-state index contributed by atoms with van der Waals surface area (Å²) in [5.74, 6) is 2.04. The van der Waals surface area contributed by atoms with E-state index in [1.54, 1.807) is 59.9 Å². The number of nitrogens with zero attached hydrogens (tertiary/aromatic N) is 5. The molecule has 3 aromatic rings. The number of rotatable bonds is 10. The van der Waals surface area contributed by atoms with E-state index in [9.17, 15) is 19.2 Å². The number of aromatic nitrogens is 2. The number of anilines is 2. The first kappa shape index (κ1) is 32.2. The lowest BCUT2D eigenvalue weighted by Crippen LogP contribution is -2.38. The van der Waals surface area contributed by atoms with E-state index >= 15 is 0 Å². The van der Waals surface area contributed by atoms with Gasteiger partial charge in [0.25, 0.3) is 17.7 Å². The zero-order valence-corrected chi connectivity index (χ0v) is 27.6. The predicted octanol–water partition coefficient (Wildman–Crippen LogP) is 3.93. The number of benzene rings is 1. The van der Waals surface area contributed by atoms with Gasteiger partial charge in [0.15, 0.2) is 11.5 Å². The number of amides is 4. The molecule has 1 unspecified atom stereocenters. The normalized spacial score (nSPS) is 17.2. The third kappa shape index (κ3) is 7.02. The van der Waals surface area contributed by atoms with Crippen LogP contribution in [0.4, 0.5) is 17.1 Å². The monoisotopic (exact) mass is 661 g/mol. The fourth-order valence-corrected chi connectivity index (χ4v) is 6.99. The summed E-state index contributed by atoms with van der Waals surface area (Å²) in [6, 6.07) is 6.69.